The average molecular weight is 373 g/mol. The number of nitrogens with one attached hydrogen (secondary N) is 2. The van der Waals surface area contributed by atoms with Crippen LogP contribution < -0.4 is 15.4 Å². The molecule has 26 heavy (non-hydrogen) atoms. The van der Waals surface area contributed by atoms with Gasteiger partial charge in [-0.25, -0.2) is 4.98 Å². The lowest BCUT2D eigenvalue weighted by molar-refractivity contribution is 0.417. The molecule has 2 N–H and O–H groups in total. The zero-order chi connectivity index (χ0) is 17.9. The quantitative estimate of drug-likeness (QED) is 0.700. The Kier molecular flexibility index (Phi) is 5.16. The van der Waals surface area contributed by atoms with Crippen molar-refractivity contribution in [2.24, 2.45) is 0 Å². The van der Waals surface area contributed by atoms with E-state index in [2.05, 4.69) is 10.6 Å². The van der Waals surface area contributed by atoms with Crippen molar-refractivity contribution >= 4 is 29.1 Å². The van der Waals surface area contributed by atoms with Gasteiger partial charge in [-0.1, -0.05) is 30.9 Å². The Labute approximate surface area is 159 Å². The molecular formula is C20H25ClN4O. The van der Waals surface area contributed by atoms with Crippen molar-refractivity contribution in [3.05, 3.63) is 35.0 Å². The summed E-state index contributed by atoms with van der Waals surface area (Å²) < 4.78 is 5.43. The highest BCUT2D eigenvalue weighted by Crippen LogP contribution is 2.40. The average Bonchev–Trinajstić information content (AvgIpc) is 3.48. The van der Waals surface area contributed by atoms with Crippen LogP contribution in [-0.4, -0.2) is 23.1 Å². The van der Waals surface area contributed by atoms with Crippen molar-refractivity contribution in [1.82, 2.24) is 9.97 Å². The molecule has 2 aliphatic carbocycles. The summed E-state index contributed by atoms with van der Waals surface area (Å²) in [5.41, 5.74) is 1.92. The van der Waals surface area contributed by atoms with E-state index in [9.17, 15) is 0 Å². The lowest BCUT2D eigenvalue weighted by Crippen LogP contribution is -2.23. The molecule has 1 aromatic carbocycles. The second-order valence-electron chi connectivity index (χ2n) is 7.22. The number of hydrogen-bond donors (Lipinski definition) is 2. The SMILES string of the molecule is COc1ccc(Cl)cc1Nc1cc(C2CC2)nc(NC2CCCCC2)n1. The molecule has 2 fully saturated rings. The third kappa shape index (κ3) is 4.21. The summed E-state index contributed by atoms with van der Waals surface area (Å²) in [7, 11) is 1.65. The number of anilines is 3. The fourth-order valence-electron chi connectivity index (χ4n) is 3.53. The minimum atomic E-state index is 0.478. The molecule has 0 unspecified atom stereocenters. The van der Waals surface area contributed by atoms with Crippen molar-refractivity contribution in [3.8, 4) is 5.75 Å². The van der Waals surface area contributed by atoms with Gasteiger partial charge in [0.1, 0.15) is 11.6 Å². The van der Waals surface area contributed by atoms with Gasteiger partial charge < -0.3 is 15.4 Å². The molecule has 1 heterocycles. The first-order chi connectivity index (χ1) is 12.7. The molecule has 0 atom stereocenters. The number of hydrogen-bond acceptors (Lipinski definition) is 5. The first-order valence-electron chi connectivity index (χ1n) is 9.47. The molecule has 1 aromatic heterocycles. The largest absolute Gasteiger partial charge is 0.495 e. The first-order valence-corrected chi connectivity index (χ1v) is 9.85. The predicted octanol–water partition coefficient (Wildman–Crippen LogP) is 5.50. The van der Waals surface area contributed by atoms with Crippen LogP contribution in [0, 0.1) is 0 Å². The van der Waals surface area contributed by atoms with Crippen molar-refractivity contribution < 1.29 is 4.74 Å². The molecule has 0 spiro atoms. The molecule has 6 heteroatoms. The van der Waals surface area contributed by atoms with E-state index < -0.39 is 0 Å². The molecule has 2 saturated carbocycles. The maximum Gasteiger partial charge on any atom is 0.225 e. The zero-order valence-electron chi connectivity index (χ0n) is 15.1. The number of nitrogens with zero attached hydrogens (tertiary/aromatic N) is 2. The van der Waals surface area contributed by atoms with Crippen LogP contribution in [0.25, 0.3) is 0 Å². The monoisotopic (exact) mass is 372 g/mol. The first kappa shape index (κ1) is 17.4. The topological polar surface area (TPSA) is 59.1 Å². The molecule has 138 valence electrons. The highest BCUT2D eigenvalue weighted by atomic mass is 35.5. The van der Waals surface area contributed by atoms with Gasteiger partial charge in [0.05, 0.1) is 18.5 Å². The van der Waals surface area contributed by atoms with Crippen molar-refractivity contribution in [2.45, 2.75) is 56.9 Å². The van der Waals surface area contributed by atoms with Gasteiger partial charge in [0, 0.05) is 23.0 Å². The summed E-state index contributed by atoms with van der Waals surface area (Å²) in [4.78, 5) is 9.48. The molecule has 2 aliphatic rings. The minimum Gasteiger partial charge on any atom is -0.495 e. The Balaban J connectivity index is 1.59. The number of halogens is 1. The van der Waals surface area contributed by atoms with Crippen molar-refractivity contribution in [1.29, 1.82) is 0 Å². The number of rotatable bonds is 6. The van der Waals surface area contributed by atoms with Gasteiger partial charge in [0.25, 0.3) is 0 Å². The molecule has 0 radical (unpaired) electrons. The number of ether oxygens (including phenoxy) is 1. The fourth-order valence-corrected chi connectivity index (χ4v) is 3.70. The maximum absolute atomic E-state index is 6.15. The normalized spacial score (nSPS) is 17.8. The van der Waals surface area contributed by atoms with Crippen LogP contribution in [-0.2, 0) is 0 Å². The number of benzene rings is 1. The van der Waals surface area contributed by atoms with Gasteiger partial charge >= 0.3 is 0 Å². The molecular weight excluding hydrogens is 348 g/mol. The summed E-state index contributed by atoms with van der Waals surface area (Å²) in [6, 6.07) is 8.05. The van der Waals surface area contributed by atoms with Crippen molar-refractivity contribution in [3.63, 3.8) is 0 Å². The highest BCUT2D eigenvalue weighted by molar-refractivity contribution is 6.31. The zero-order valence-corrected chi connectivity index (χ0v) is 15.9. The summed E-state index contributed by atoms with van der Waals surface area (Å²) in [6.07, 6.45) is 8.71. The van der Waals surface area contributed by atoms with E-state index in [-0.39, 0.29) is 0 Å². The van der Waals surface area contributed by atoms with E-state index in [0.29, 0.717) is 17.0 Å². The molecule has 0 amide bonds. The van der Waals surface area contributed by atoms with Gasteiger partial charge in [-0.2, -0.15) is 4.98 Å². The Morgan fingerprint density at radius 1 is 1.04 bits per heavy atom. The van der Waals surface area contributed by atoms with Crippen LogP contribution in [0.5, 0.6) is 5.75 Å². The summed E-state index contributed by atoms with van der Waals surface area (Å²) in [5, 5.41) is 7.57. The lowest BCUT2D eigenvalue weighted by Gasteiger charge is -2.23. The summed E-state index contributed by atoms with van der Waals surface area (Å²) in [5.74, 6) is 2.81. The molecule has 0 saturated heterocycles. The van der Waals surface area contributed by atoms with E-state index >= 15 is 0 Å². The fraction of sp³-hybridized carbons (Fsp3) is 0.500. The molecule has 0 bridgehead atoms. The number of aromatic nitrogens is 2. The smallest absolute Gasteiger partial charge is 0.225 e. The van der Waals surface area contributed by atoms with E-state index in [1.165, 1.54) is 44.9 Å². The van der Waals surface area contributed by atoms with Crippen molar-refractivity contribution in [2.75, 3.05) is 17.7 Å². The Bertz CT molecular complexity index is 772. The minimum absolute atomic E-state index is 0.478. The van der Waals surface area contributed by atoms with Crippen LogP contribution >= 0.6 is 11.6 Å². The third-order valence-corrected chi connectivity index (χ3v) is 5.34. The van der Waals surface area contributed by atoms with E-state index in [1.807, 2.05) is 24.3 Å². The van der Waals surface area contributed by atoms with Gasteiger partial charge in [-0.3, -0.25) is 0 Å². The van der Waals surface area contributed by atoms with E-state index in [4.69, 9.17) is 26.3 Å². The Hall–Kier alpha value is -2.01. The molecule has 0 aliphatic heterocycles. The lowest BCUT2D eigenvalue weighted by atomic mass is 9.96. The maximum atomic E-state index is 6.15. The molecule has 5 nitrogen and oxygen atoms in total. The van der Waals surface area contributed by atoms with Crippen LogP contribution in [0.15, 0.2) is 24.3 Å². The molecule has 2 aromatic rings. The second kappa shape index (κ2) is 7.70. The second-order valence-corrected chi connectivity index (χ2v) is 7.66. The van der Waals surface area contributed by atoms with Crippen LogP contribution in [0.2, 0.25) is 5.02 Å². The summed E-state index contributed by atoms with van der Waals surface area (Å²) >= 11 is 6.15. The van der Waals surface area contributed by atoms with Crippen LogP contribution in [0.3, 0.4) is 0 Å². The number of methoxy groups -OCH3 is 1. The van der Waals surface area contributed by atoms with Gasteiger partial charge in [-0.05, 0) is 43.9 Å². The van der Waals surface area contributed by atoms with Gasteiger partial charge in [0.2, 0.25) is 5.95 Å². The van der Waals surface area contributed by atoms with Crippen LogP contribution in [0.1, 0.15) is 56.6 Å². The van der Waals surface area contributed by atoms with Gasteiger partial charge in [-0.15, -0.1) is 0 Å². The Morgan fingerprint density at radius 3 is 2.58 bits per heavy atom. The Morgan fingerprint density at radius 2 is 1.85 bits per heavy atom. The highest BCUT2D eigenvalue weighted by Gasteiger charge is 2.27. The summed E-state index contributed by atoms with van der Waals surface area (Å²) in [6.45, 7) is 0. The molecule has 4 rings (SSSR count). The van der Waals surface area contributed by atoms with E-state index in [0.717, 1.165) is 28.9 Å². The van der Waals surface area contributed by atoms with E-state index in [1.54, 1.807) is 7.11 Å². The van der Waals surface area contributed by atoms with Gasteiger partial charge in [0.15, 0.2) is 0 Å². The standard InChI is InChI=1S/C20H25ClN4O/c1-26-18-10-9-14(21)11-17(18)23-19-12-16(13-7-8-13)24-20(25-19)22-15-5-3-2-4-6-15/h9-13,15H,2-8H2,1H3,(H2,22,23,24,25). The predicted molar refractivity (Wildman–Crippen MR) is 106 cm³/mol. The van der Waals surface area contributed by atoms with Crippen LogP contribution in [0.4, 0.5) is 17.5 Å². The third-order valence-electron chi connectivity index (χ3n) is 5.10.